The van der Waals surface area contributed by atoms with Crippen molar-refractivity contribution < 1.29 is 9.26 Å². The van der Waals surface area contributed by atoms with Gasteiger partial charge in [0.05, 0.1) is 18.7 Å². The smallest absolute Gasteiger partial charge is 0.240 e. The predicted molar refractivity (Wildman–Crippen MR) is 85.2 cm³/mol. The van der Waals surface area contributed by atoms with Crippen LogP contribution in [-0.2, 0) is 11.3 Å². The van der Waals surface area contributed by atoms with Gasteiger partial charge in [-0.25, -0.2) is 4.98 Å². The van der Waals surface area contributed by atoms with E-state index >= 15 is 0 Å². The molecule has 1 aliphatic carbocycles. The van der Waals surface area contributed by atoms with Crippen molar-refractivity contribution in [3.63, 3.8) is 0 Å². The number of ether oxygens (including phenoxy) is 1. The summed E-state index contributed by atoms with van der Waals surface area (Å²) in [4.78, 5) is 11.4. The summed E-state index contributed by atoms with van der Waals surface area (Å²) in [7, 11) is 1.75. The first-order valence-electron chi connectivity index (χ1n) is 8.71. The Morgan fingerprint density at radius 2 is 2.08 bits per heavy atom. The summed E-state index contributed by atoms with van der Waals surface area (Å²) >= 11 is 0. The fourth-order valence-corrected chi connectivity index (χ4v) is 3.84. The molecule has 0 amide bonds. The van der Waals surface area contributed by atoms with Crippen LogP contribution >= 0.6 is 0 Å². The number of methoxy groups -OCH3 is 1. The largest absolute Gasteiger partial charge is 0.380 e. The van der Waals surface area contributed by atoms with Crippen LogP contribution in [0.25, 0.3) is 0 Å². The molecule has 8 nitrogen and oxygen atoms in total. The van der Waals surface area contributed by atoms with Gasteiger partial charge in [0, 0.05) is 19.6 Å². The second kappa shape index (κ2) is 6.60. The predicted octanol–water partition coefficient (Wildman–Crippen LogP) is 2.12. The zero-order valence-corrected chi connectivity index (χ0v) is 14.2. The van der Waals surface area contributed by atoms with E-state index in [0.717, 1.165) is 30.4 Å². The van der Waals surface area contributed by atoms with Crippen LogP contribution in [0, 0.1) is 6.92 Å². The average molecular weight is 332 g/mol. The lowest BCUT2D eigenvalue weighted by atomic mass is 10.1. The Balaban J connectivity index is 1.49. The lowest BCUT2D eigenvalue weighted by Crippen LogP contribution is -2.25. The molecule has 0 spiro atoms. The minimum atomic E-state index is 0.113. The third kappa shape index (κ3) is 3.08. The highest BCUT2D eigenvalue weighted by Crippen LogP contribution is 2.34. The summed E-state index contributed by atoms with van der Waals surface area (Å²) in [5.74, 6) is 3.65. The summed E-state index contributed by atoms with van der Waals surface area (Å²) in [5, 5.41) is 11.5. The molecule has 24 heavy (non-hydrogen) atoms. The molecular formula is C16H24N6O2. The summed E-state index contributed by atoms with van der Waals surface area (Å²) in [6, 6.07) is 0.113. The molecule has 3 heterocycles. The Hall–Kier alpha value is -1.80. The number of nitrogens with one attached hydrogen (secondary N) is 1. The monoisotopic (exact) mass is 332 g/mol. The van der Waals surface area contributed by atoms with Crippen LogP contribution in [0.3, 0.4) is 0 Å². The Morgan fingerprint density at radius 3 is 2.79 bits per heavy atom. The van der Waals surface area contributed by atoms with Gasteiger partial charge in [0.1, 0.15) is 5.82 Å². The van der Waals surface area contributed by atoms with Crippen molar-refractivity contribution in [3.05, 3.63) is 23.4 Å². The zero-order chi connectivity index (χ0) is 16.5. The molecule has 0 radical (unpaired) electrons. The van der Waals surface area contributed by atoms with Gasteiger partial charge < -0.3 is 9.26 Å². The number of aromatic nitrogens is 5. The van der Waals surface area contributed by atoms with Gasteiger partial charge >= 0.3 is 0 Å². The van der Waals surface area contributed by atoms with E-state index < -0.39 is 0 Å². The van der Waals surface area contributed by atoms with Crippen LogP contribution in [-0.4, -0.2) is 50.0 Å². The van der Waals surface area contributed by atoms with E-state index in [0.29, 0.717) is 18.4 Å². The number of hydrogen-bond acceptors (Lipinski definition) is 7. The van der Waals surface area contributed by atoms with Gasteiger partial charge in [0.25, 0.3) is 0 Å². The minimum absolute atomic E-state index is 0.113. The maximum atomic E-state index is 5.55. The number of likely N-dealkylation sites (tertiary alicyclic amines) is 1. The zero-order valence-electron chi connectivity index (χ0n) is 14.2. The molecule has 0 unspecified atom stereocenters. The van der Waals surface area contributed by atoms with Crippen molar-refractivity contribution in [1.82, 2.24) is 30.2 Å². The number of aromatic amines is 1. The van der Waals surface area contributed by atoms with Crippen LogP contribution in [0.1, 0.15) is 67.4 Å². The SMILES string of the molecule is CO[C@@H]1C[C@@H](c2n[nH]c(C)n2)N(Cc2nc(C3CCCC3)no2)C1. The van der Waals surface area contributed by atoms with Crippen LogP contribution in [0.15, 0.2) is 4.52 Å². The fourth-order valence-electron chi connectivity index (χ4n) is 3.84. The number of hydrogen-bond donors (Lipinski definition) is 1. The second-order valence-electron chi connectivity index (χ2n) is 6.85. The third-order valence-corrected chi connectivity index (χ3v) is 5.15. The Morgan fingerprint density at radius 1 is 1.25 bits per heavy atom. The average Bonchev–Trinajstić information content (AvgIpc) is 3.34. The Bertz CT molecular complexity index is 678. The van der Waals surface area contributed by atoms with Crippen molar-refractivity contribution in [2.45, 2.75) is 63.6 Å². The quantitative estimate of drug-likeness (QED) is 0.896. The molecule has 2 aromatic heterocycles. The molecule has 0 bridgehead atoms. The molecule has 2 aromatic rings. The maximum absolute atomic E-state index is 5.55. The van der Waals surface area contributed by atoms with Gasteiger partial charge in [0.2, 0.25) is 5.89 Å². The molecule has 2 aliphatic rings. The van der Waals surface area contributed by atoms with Gasteiger partial charge in [-0.3, -0.25) is 10.00 Å². The van der Waals surface area contributed by atoms with E-state index in [1.165, 1.54) is 25.7 Å². The van der Waals surface area contributed by atoms with Gasteiger partial charge in [-0.05, 0) is 26.2 Å². The van der Waals surface area contributed by atoms with E-state index in [1.807, 2.05) is 6.92 Å². The van der Waals surface area contributed by atoms with E-state index in [1.54, 1.807) is 7.11 Å². The number of nitrogens with zero attached hydrogens (tertiary/aromatic N) is 5. The number of rotatable bonds is 5. The van der Waals surface area contributed by atoms with Crippen molar-refractivity contribution in [3.8, 4) is 0 Å². The molecule has 2 atom stereocenters. The lowest BCUT2D eigenvalue weighted by molar-refractivity contribution is 0.105. The Kier molecular flexibility index (Phi) is 4.32. The van der Waals surface area contributed by atoms with Crippen LogP contribution < -0.4 is 0 Å². The normalized spacial score (nSPS) is 25.8. The molecule has 1 saturated heterocycles. The minimum Gasteiger partial charge on any atom is -0.380 e. The third-order valence-electron chi connectivity index (χ3n) is 5.15. The molecule has 130 valence electrons. The van der Waals surface area contributed by atoms with E-state index in [9.17, 15) is 0 Å². The van der Waals surface area contributed by atoms with E-state index in [2.05, 4.69) is 30.2 Å². The fraction of sp³-hybridized carbons (Fsp3) is 0.750. The van der Waals surface area contributed by atoms with Crippen molar-refractivity contribution >= 4 is 0 Å². The molecule has 1 saturated carbocycles. The van der Waals surface area contributed by atoms with Crippen LogP contribution in [0.5, 0.6) is 0 Å². The first-order chi connectivity index (χ1) is 11.7. The summed E-state index contributed by atoms with van der Waals surface area (Å²) in [6.07, 6.45) is 5.93. The topological polar surface area (TPSA) is 93.0 Å². The molecule has 4 rings (SSSR count). The lowest BCUT2D eigenvalue weighted by Gasteiger charge is -2.19. The molecule has 0 aromatic carbocycles. The molecular weight excluding hydrogens is 308 g/mol. The molecule has 1 aliphatic heterocycles. The van der Waals surface area contributed by atoms with Gasteiger partial charge in [-0.1, -0.05) is 18.0 Å². The number of aryl methyl sites for hydroxylation is 1. The van der Waals surface area contributed by atoms with E-state index in [4.69, 9.17) is 9.26 Å². The van der Waals surface area contributed by atoms with Crippen LogP contribution in [0.2, 0.25) is 0 Å². The summed E-state index contributed by atoms with van der Waals surface area (Å²) in [5.41, 5.74) is 0. The summed E-state index contributed by atoms with van der Waals surface area (Å²) < 4.78 is 11.1. The van der Waals surface area contributed by atoms with Crippen molar-refractivity contribution in [1.29, 1.82) is 0 Å². The highest BCUT2D eigenvalue weighted by atomic mass is 16.5. The molecule has 8 heteroatoms. The first kappa shape index (κ1) is 15.7. The summed E-state index contributed by atoms with van der Waals surface area (Å²) in [6.45, 7) is 3.34. The molecule has 1 N–H and O–H groups in total. The van der Waals surface area contributed by atoms with Gasteiger partial charge in [0.15, 0.2) is 11.6 Å². The highest BCUT2D eigenvalue weighted by molar-refractivity contribution is 5.03. The van der Waals surface area contributed by atoms with Crippen molar-refractivity contribution in [2.75, 3.05) is 13.7 Å². The Labute approximate surface area is 141 Å². The van der Waals surface area contributed by atoms with Crippen molar-refractivity contribution in [2.24, 2.45) is 0 Å². The number of H-pyrrole nitrogens is 1. The maximum Gasteiger partial charge on any atom is 0.240 e. The van der Waals surface area contributed by atoms with E-state index in [-0.39, 0.29) is 12.1 Å². The molecule has 2 fully saturated rings. The van der Waals surface area contributed by atoms with Gasteiger partial charge in [-0.15, -0.1) is 0 Å². The highest BCUT2D eigenvalue weighted by Gasteiger charge is 2.36. The van der Waals surface area contributed by atoms with Crippen LogP contribution in [0.4, 0.5) is 0 Å². The second-order valence-corrected chi connectivity index (χ2v) is 6.85. The first-order valence-corrected chi connectivity index (χ1v) is 8.71. The van der Waals surface area contributed by atoms with Gasteiger partial charge in [-0.2, -0.15) is 10.1 Å². The standard InChI is InChI=1S/C16H24N6O2/c1-10-17-16(20-19-10)13-7-12(23-2)8-22(13)9-14-18-15(21-24-14)11-5-3-4-6-11/h11-13H,3-9H2,1-2H3,(H,17,19,20)/t12-,13+/m1/s1.